The fourth-order valence-electron chi connectivity index (χ4n) is 1.45. The molecule has 1 amide bonds. The Labute approximate surface area is 106 Å². The molecule has 19 heavy (non-hydrogen) atoms. The van der Waals surface area contributed by atoms with Crippen molar-refractivity contribution in [1.29, 1.82) is 0 Å². The van der Waals surface area contributed by atoms with Crippen molar-refractivity contribution in [2.75, 3.05) is 5.43 Å². The van der Waals surface area contributed by atoms with Crippen molar-refractivity contribution in [3.63, 3.8) is 0 Å². The first kappa shape index (κ1) is 12.6. The number of hydrogen-bond acceptors (Lipinski definition) is 5. The van der Waals surface area contributed by atoms with Crippen molar-refractivity contribution in [3.05, 3.63) is 56.6 Å². The summed E-state index contributed by atoms with van der Waals surface area (Å²) < 4.78 is 0. The molecule has 2 aromatic heterocycles. The zero-order valence-electron chi connectivity index (χ0n) is 9.98. The highest BCUT2D eigenvalue weighted by Gasteiger charge is 2.08. The lowest BCUT2D eigenvalue weighted by molar-refractivity contribution is 0.0962. The molecule has 0 bridgehead atoms. The van der Waals surface area contributed by atoms with Crippen LogP contribution in [0, 0.1) is 6.92 Å². The van der Waals surface area contributed by atoms with Gasteiger partial charge in [-0.05, 0) is 19.1 Å². The second kappa shape index (κ2) is 5.17. The van der Waals surface area contributed by atoms with E-state index in [0.717, 1.165) is 0 Å². The first-order valence-electron chi connectivity index (χ1n) is 5.37. The Morgan fingerprint density at radius 3 is 2.53 bits per heavy atom. The van der Waals surface area contributed by atoms with Gasteiger partial charge in [-0.25, -0.2) is 4.79 Å². The van der Waals surface area contributed by atoms with Gasteiger partial charge in [0.25, 0.3) is 11.5 Å². The average Bonchev–Trinajstić information content (AvgIpc) is 2.38. The molecule has 8 nitrogen and oxygen atoms in total. The smallest absolute Gasteiger partial charge is 0.309 e. The molecule has 0 aromatic carbocycles. The third kappa shape index (κ3) is 2.86. The number of nitrogens with zero attached hydrogens (tertiary/aromatic N) is 1. The molecular weight excluding hydrogens is 250 g/mol. The molecule has 8 heteroatoms. The van der Waals surface area contributed by atoms with Crippen LogP contribution >= 0.6 is 0 Å². The maximum absolute atomic E-state index is 11.7. The number of rotatable bonds is 3. The summed E-state index contributed by atoms with van der Waals surface area (Å²) in [4.78, 5) is 42.5. The lowest BCUT2D eigenvalue weighted by Gasteiger charge is -2.09. The van der Waals surface area contributed by atoms with Gasteiger partial charge in [-0.2, -0.15) is 0 Å². The second-order valence-corrected chi connectivity index (χ2v) is 3.72. The first-order chi connectivity index (χ1) is 9.08. The molecule has 2 heterocycles. The third-order valence-electron chi connectivity index (χ3n) is 2.37. The van der Waals surface area contributed by atoms with E-state index in [1.54, 1.807) is 0 Å². The molecule has 98 valence electrons. The van der Waals surface area contributed by atoms with Crippen LogP contribution in [0.25, 0.3) is 0 Å². The predicted molar refractivity (Wildman–Crippen MR) is 67.7 cm³/mol. The number of aromatic amines is 2. The molecule has 0 radical (unpaired) electrons. The van der Waals surface area contributed by atoms with Crippen LogP contribution in [-0.2, 0) is 0 Å². The van der Waals surface area contributed by atoms with Gasteiger partial charge < -0.3 is 4.98 Å². The summed E-state index contributed by atoms with van der Waals surface area (Å²) in [6, 6.07) is 3.06. The summed E-state index contributed by atoms with van der Waals surface area (Å²) in [5.41, 5.74) is 4.40. The van der Waals surface area contributed by atoms with Crippen LogP contribution in [0.4, 0.5) is 5.69 Å². The fourth-order valence-corrected chi connectivity index (χ4v) is 1.45. The maximum Gasteiger partial charge on any atom is 0.326 e. The van der Waals surface area contributed by atoms with Crippen molar-refractivity contribution in [2.45, 2.75) is 6.92 Å². The van der Waals surface area contributed by atoms with E-state index in [0.29, 0.717) is 11.3 Å². The van der Waals surface area contributed by atoms with Crippen LogP contribution in [0.5, 0.6) is 0 Å². The number of anilines is 1. The highest BCUT2D eigenvalue weighted by atomic mass is 16.2. The molecule has 0 spiro atoms. The average molecular weight is 261 g/mol. The minimum atomic E-state index is -0.615. The molecule has 0 aliphatic heterocycles. The van der Waals surface area contributed by atoms with Crippen LogP contribution in [0.2, 0.25) is 0 Å². The van der Waals surface area contributed by atoms with Gasteiger partial charge in [0, 0.05) is 23.7 Å². The Kier molecular flexibility index (Phi) is 3.42. The number of hydrogen-bond donors (Lipinski definition) is 4. The van der Waals surface area contributed by atoms with E-state index in [-0.39, 0.29) is 5.69 Å². The molecule has 0 saturated carbocycles. The van der Waals surface area contributed by atoms with Crippen LogP contribution in [0.1, 0.15) is 16.1 Å². The Balaban J connectivity index is 2.14. The van der Waals surface area contributed by atoms with Crippen LogP contribution in [0.15, 0.2) is 34.1 Å². The monoisotopic (exact) mass is 261 g/mol. The highest BCUT2D eigenvalue weighted by molar-refractivity contribution is 5.94. The number of carbonyl (C=O) groups is 1. The maximum atomic E-state index is 11.7. The van der Waals surface area contributed by atoms with Gasteiger partial charge in [0.2, 0.25) is 0 Å². The van der Waals surface area contributed by atoms with Gasteiger partial charge in [0.15, 0.2) is 0 Å². The minimum Gasteiger partial charge on any atom is -0.309 e. The summed E-state index contributed by atoms with van der Waals surface area (Å²) in [7, 11) is 0. The number of aromatic nitrogens is 3. The molecule has 4 N–H and O–H groups in total. The second-order valence-electron chi connectivity index (χ2n) is 3.72. The lowest BCUT2D eigenvalue weighted by Crippen LogP contribution is -2.35. The number of aryl methyl sites for hydroxylation is 1. The van der Waals surface area contributed by atoms with Gasteiger partial charge in [-0.15, -0.1) is 0 Å². The molecular formula is C11H11N5O3. The lowest BCUT2D eigenvalue weighted by atomic mass is 10.2. The number of carbonyl (C=O) groups excluding carboxylic acids is 1. The molecule has 0 aliphatic carbocycles. The molecule has 0 saturated heterocycles. The number of pyridine rings is 1. The molecule has 0 fully saturated rings. The van der Waals surface area contributed by atoms with E-state index in [2.05, 4.69) is 25.8 Å². The molecule has 2 aromatic rings. The fraction of sp³-hybridized carbons (Fsp3) is 0.0909. The van der Waals surface area contributed by atoms with Gasteiger partial charge in [0.1, 0.15) is 5.69 Å². The largest absolute Gasteiger partial charge is 0.326 e. The van der Waals surface area contributed by atoms with Gasteiger partial charge in [0.05, 0.1) is 0 Å². The summed E-state index contributed by atoms with van der Waals surface area (Å²) in [5, 5.41) is 0. The summed E-state index contributed by atoms with van der Waals surface area (Å²) in [6.45, 7) is 1.54. The zero-order valence-corrected chi connectivity index (χ0v) is 9.98. The Morgan fingerprint density at radius 2 is 1.89 bits per heavy atom. The molecule has 0 unspecified atom stereocenters. The van der Waals surface area contributed by atoms with E-state index in [9.17, 15) is 14.4 Å². The van der Waals surface area contributed by atoms with Crippen molar-refractivity contribution >= 4 is 11.6 Å². The zero-order chi connectivity index (χ0) is 13.8. The van der Waals surface area contributed by atoms with Crippen LogP contribution < -0.4 is 22.1 Å². The Morgan fingerprint density at radius 1 is 1.21 bits per heavy atom. The predicted octanol–water partition coefficient (Wildman–Crippen LogP) is -0.476. The number of nitrogens with one attached hydrogen (secondary N) is 4. The highest BCUT2D eigenvalue weighted by Crippen LogP contribution is 2.01. The summed E-state index contributed by atoms with van der Waals surface area (Å²) in [5.74, 6) is -0.424. The summed E-state index contributed by atoms with van der Waals surface area (Å²) >= 11 is 0. The number of amides is 1. The summed E-state index contributed by atoms with van der Waals surface area (Å²) in [6.07, 6.45) is 2.96. The Bertz CT molecular complexity index is 704. The van der Waals surface area contributed by atoms with Crippen molar-refractivity contribution in [3.8, 4) is 0 Å². The van der Waals surface area contributed by atoms with Gasteiger partial charge in [-0.1, -0.05) is 0 Å². The normalized spacial score (nSPS) is 9.95. The van der Waals surface area contributed by atoms with E-state index < -0.39 is 17.2 Å². The van der Waals surface area contributed by atoms with Crippen molar-refractivity contribution in [1.82, 2.24) is 20.4 Å². The van der Waals surface area contributed by atoms with E-state index >= 15 is 0 Å². The molecule has 0 aliphatic rings. The van der Waals surface area contributed by atoms with E-state index in [1.807, 2.05) is 0 Å². The molecule has 2 rings (SSSR count). The standard InChI is InChI=1S/C11H11N5O3/c1-6-8(10(18)14-11(19)13-6)15-16-9(17)7-2-4-12-5-3-7/h2-5,15H,1H3,(H,16,17)(H2,13,14,18,19). The molecule has 0 atom stereocenters. The van der Waals surface area contributed by atoms with Crippen molar-refractivity contribution in [2.24, 2.45) is 0 Å². The van der Waals surface area contributed by atoms with E-state index in [1.165, 1.54) is 31.5 Å². The Hall–Kier alpha value is -2.90. The van der Waals surface area contributed by atoms with Gasteiger partial charge >= 0.3 is 5.69 Å². The van der Waals surface area contributed by atoms with Gasteiger partial charge in [-0.3, -0.25) is 30.4 Å². The van der Waals surface area contributed by atoms with Crippen molar-refractivity contribution < 1.29 is 4.79 Å². The first-order valence-corrected chi connectivity index (χ1v) is 5.37. The minimum absolute atomic E-state index is 0.0713. The number of H-pyrrole nitrogens is 2. The SMILES string of the molecule is Cc1[nH]c(=O)[nH]c(=O)c1NNC(=O)c1ccncc1. The van der Waals surface area contributed by atoms with Crippen LogP contribution in [0.3, 0.4) is 0 Å². The quantitative estimate of drug-likeness (QED) is 0.556. The number of hydrazine groups is 1. The third-order valence-corrected chi connectivity index (χ3v) is 2.37. The van der Waals surface area contributed by atoms with Crippen LogP contribution in [-0.4, -0.2) is 20.9 Å². The van der Waals surface area contributed by atoms with E-state index in [4.69, 9.17) is 0 Å². The topological polar surface area (TPSA) is 120 Å².